The normalized spacial score (nSPS) is 29.1. The molecule has 1 aromatic rings. The second-order valence-corrected chi connectivity index (χ2v) is 5.16. The van der Waals surface area contributed by atoms with Crippen LogP contribution < -0.4 is 0 Å². The average molecular weight is 214 g/mol. The lowest BCUT2D eigenvalue weighted by molar-refractivity contribution is 0.0907. The molecule has 0 N–H and O–H groups in total. The quantitative estimate of drug-likeness (QED) is 0.639. The molecule has 0 heterocycles. The standard InChI is InChI=1S/C15H18O/c16-15-13-9-4-2-1-3-7-11(13)12-8-5-6-10-14(12)15/h5-6,8,10-11,13H,1-4,7,9H2/t11-,13-/m0/s1. The largest absolute Gasteiger partial charge is 0.294 e. The highest BCUT2D eigenvalue weighted by Crippen LogP contribution is 2.44. The van der Waals surface area contributed by atoms with Gasteiger partial charge in [0.25, 0.3) is 0 Å². The van der Waals surface area contributed by atoms with Gasteiger partial charge in [-0.05, 0) is 24.3 Å². The molecule has 0 radical (unpaired) electrons. The van der Waals surface area contributed by atoms with Crippen molar-refractivity contribution in [2.24, 2.45) is 5.92 Å². The first-order chi connectivity index (χ1) is 7.88. The van der Waals surface area contributed by atoms with Crippen LogP contribution in [0.2, 0.25) is 0 Å². The van der Waals surface area contributed by atoms with E-state index >= 15 is 0 Å². The molecule has 2 aliphatic rings. The van der Waals surface area contributed by atoms with Gasteiger partial charge in [0.15, 0.2) is 5.78 Å². The first-order valence-corrected chi connectivity index (χ1v) is 6.51. The summed E-state index contributed by atoms with van der Waals surface area (Å²) in [6.07, 6.45) is 7.52. The lowest BCUT2D eigenvalue weighted by atomic mass is 9.82. The summed E-state index contributed by atoms with van der Waals surface area (Å²) in [6, 6.07) is 8.26. The van der Waals surface area contributed by atoms with Crippen molar-refractivity contribution in [2.45, 2.75) is 44.4 Å². The smallest absolute Gasteiger partial charge is 0.166 e. The minimum absolute atomic E-state index is 0.303. The number of carbonyl (C=O) groups is 1. The molecule has 3 rings (SSSR count). The molecule has 16 heavy (non-hydrogen) atoms. The topological polar surface area (TPSA) is 17.1 Å². The van der Waals surface area contributed by atoms with Crippen LogP contribution in [0.15, 0.2) is 24.3 Å². The Balaban J connectivity index is 1.99. The summed E-state index contributed by atoms with van der Waals surface area (Å²) in [5.74, 6) is 1.25. The van der Waals surface area contributed by atoms with E-state index in [4.69, 9.17) is 0 Å². The van der Waals surface area contributed by atoms with Crippen LogP contribution in [0.25, 0.3) is 0 Å². The Kier molecular flexibility index (Phi) is 2.55. The van der Waals surface area contributed by atoms with Crippen molar-refractivity contribution >= 4 is 5.78 Å². The van der Waals surface area contributed by atoms with Crippen molar-refractivity contribution < 1.29 is 4.79 Å². The van der Waals surface area contributed by atoms with Crippen LogP contribution in [0.5, 0.6) is 0 Å². The van der Waals surface area contributed by atoms with Crippen molar-refractivity contribution in [1.82, 2.24) is 0 Å². The average Bonchev–Trinajstić information content (AvgIpc) is 2.52. The van der Waals surface area contributed by atoms with E-state index in [1.165, 1.54) is 37.7 Å². The van der Waals surface area contributed by atoms with E-state index in [1.807, 2.05) is 12.1 Å². The monoisotopic (exact) mass is 214 g/mol. The lowest BCUT2D eigenvalue weighted by Gasteiger charge is -2.21. The molecule has 84 valence electrons. The number of hydrogen-bond donors (Lipinski definition) is 0. The van der Waals surface area contributed by atoms with Crippen LogP contribution in [-0.2, 0) is 0 Å². The van der Waals surface area contributed by atoms with Crippen LogP contribution in [0.1, 0.15) is 60.4 Å². The zero-order valence-corrected chi connectivity index (χ0v) is 9.61. The number of hydrogen-bond acceptors (Lipinski definition) is 1. The van der Waals surface area contributed by atoms with Crippen LogP contribution in [0.3, 0.4) is 0 Å². The summed E-state index contributed by atoms with van der Waals surface area (Å²) in [5.41, 5.74) is 2.35. The molecule has 1 fully saturated rings. The number of Topliss-reactive ketones (excluding diaryl/α,β-unsaturated/α-hetero) is 1. The molecule has 0 spiro atoms. The summed E-state index contributed by atoms with van der Waals surface area (Å²) in [7, 11) is 0. The third-order valence-electron chi connectivity index (χ3n) is 4.23. The van der Waals surface area contributed by atoms with Gasteiger partial charge in [0.1, 0.15) is 0 Å². The van der Waals surface area contributed by atoms with E-state index in [9.17, 15) is 4.79 Å². The van der Waals surface area contributed by atoms with E-state index < -0.39 is 0 Å². The second kappa shape index (κ2) is 4.04. The number of ketones is 1. The van der Waals surface area contributed by atoms with Gasteiger partial charge < -0.3 is 0 Å². The molecule has 1 saturated carbocycles. The van der Waals surface area contributed by atoms with Gasteiger partial charge in [0, 0.05) is 11.5 Å². The first kappa shape index (κ1) is 10.1. The molecule has 0 bridgehead atoms. The molecule has 0 aliphatic heterocycles. The second-order valence-electron chi connectivity index (χ2n) is 5.16. The minimum Gasteiger partial charge on any atom is -0.294 e. The van der Waals surface area contributed by atoms with Crippen molar-refractivity contribution in [1.29, 1.82) is 0 Å². The van der Waals surface area contributed by atoms with E-state index in [-0.39, 0.29) is 0 Å². The molecular weight excluding hydrogens is 196 g/mol. The number of fused-ring (bicyclic) bond motifs is 3. The van der Waals surface area contributed by atoms with E-state index in [2.05, 4.69) is 12.1 Å². The van der Waals surface area contributed by atoms with Crippen molar-refractivity contribution in [2.75, 3.05) is 0 Å². The van der Waals surface area contributed by atoms with Crippen LogP contribution in [0, 0.1) is 5.92 Å². The Morgan fingerprint density at radius 1 is 0.875 bits per heavy atom. The van der Waals surface area contributed by atoms with Gasteiger partial charge in [-0.2, -0.15) is 0 Å². The molecule has 1 aromatic carbocycles. The third-order valence-corrected chi connectivity index (χ3v) is 4.23. The van der Waals surface area contributed by atoms with Crippen molar-refractivity contribution in [3.8, 4) is 0 Å². The van der Waals surface area contributed by atoms with Gasteiger partial charge in [-0.1, -0.05) is 49.9 Å². The first-order valence-electron chi connectivity index (χ1n) is 6.51. The number of carbonyl (C=O) groups excluding carboxylic acids is 1. The molecule has 0 unspecified atom stereocenters. The van der Waals surface area contributed by atoms with E-state index in [1.54, 1.807) is 0 Å². The van der Waals surface area contributed by atoms with Crippen molar-refractivity contribution in [3.05, 3.63) is 35.4 Å². The van der Waals surface area contributed by atoms with Gasteiger partial charge in [-0.15, -0.1) is 0 Å². The maximum absolute atomic E-state index is 12.3. The van der Waals surface area contributed by atoms with Gasteiger partial charge in [-0.25, -0.2) is 0 Å². The van der Waals surface area contributed by atoms with Crippen molar-refractivity contribution in [3.63, 3.8) is 0 Å². The van der Waals surface area contributed by atoms with E-state index in [0.29, 0.717) is 17.6 Å². The van der Waals surface area contributed by atoms with Crippen LogP contribution in [-0.4, -0.2) is 5.78 Å². The Hall–Kier alpha value is -1.11. The highest BCUT2D eigenvalue weighted by atomic mass is 16.1. The zero-order valence-electron chi connectivity index (χ0n) is 9.61. The minimum atomic E-state index is 0.303. The fourth-order valence-electron chi connectivity index (χ4n) is 3.41. The Bertz CT molecular complexity index is 408. The van der Waals surface area contributed by atoms with Gasteiger partial charge in [0.2, 0.25) is 0 Å². The SMILES string of the molecule is O=C1c2ccccc2[C@@H]2CCCCCC[C@H]12. The van der Waals surface area contributed by atoms with Gasteiger partial charge >= 0.3 is 0 Å². The fourth-order valence-corrected chi connectivity index (χ4v) is 3.41. The molecule has 0 amide bonds. The van der Waals surface area contributed by atoms with E-state index in [0.717, 1.165) is 12.0 Å². The highest BCUT2D eigenvalue weighted by Gasteiger charge is 2.38. The molecule has 0 aromatic heterocycles. The number of rotatable bonds is 0. The maximum atomic E-state index is 12.3. The summed E-state index contributed by atoms with van der Waals surface area (Å²) in [6.45, 7) is 0. The summed E-state index contributed by atoms with van der Waals surface area (Å²) >= 11 is 0. The molecular formula is C15H18O. The molecule has 0 saturated heterocycles. The third kappa shape index (κ3) is 1.50. The van der Waals surface area contributed by atoms with Crippen LogP contribution in [0.4, 0.5) is 0 Å². The predicted molar refractivity (Wildman–Crippen MR) is 64.7 cm³/mol. The molecule has 2 atom stereocenters. The Labute approximate surface area is 96.9 Å². The molecule has 2 aliphatic carbocycles. The van der Waals surface area contributed by atoms with Gasteiger partial charge in [-0.3, -0.25) is 4.79 Å². The molecule has 1 nitrogen and oxygen atoms in total. The number of benzene rings is 1. The van der Waals surface area contributed by atoms with Gasteiger partial charge in [0.05, 0.1) is 0 Å². The Morgan fingerprint density at radius 2 is 1.56 bits per heavy atom. The summed E-state index contributed by atoms with van der Waals surface area (Å²) in [4.78, 5) is 12.3. The highest BCUT2D eigenvalue weighted by molar-refractivity contribution is 6.03. The van der Waals surface area contributed by atoms with Crippen LogP contribution >= 0.6 is 0 Å². The lowest BCUT2D eigenvalue weighted by Crippen LogP contribution is -2.15. The Morgan fingerprint density at radius 3 is 2.38 bits per heavy atom. The summed E-state index contributed by atoms with van der Waals surface area (Å²) < 4.78 is 0. The predicted octanol–water partition coefficient (Wildman–Crippen LogP) is 3.94. The molecule has 1 heteroatoms. The fraction of sp³-hybridized carbons (Fsp3) is 0.533. The summed E-state index contributed by atoms with van der Waals surface area (Å²) in [5, 5.41) is 0. The zero-order chi connectivity index (χ0) is 11.0. The maximum Gasteiger partial charge on any atom is 0.166 e.